The van der Waals surface area contributed by atoms with Crippen LogP contribution in [0.3, 0.4) is 0 Å². The van der Waals surface area contributed by atoms with E-state index in [0.29, 0.717) is 0 Å². The van der Waals surface area contributed by atoms with Gasteiger partial charge in [-0.25, -0.2) is 4.79 Å². The van der Waals surface area contributed by atoms with Gasteiger partial charge in [-0.15, -0.1) is 0 Å². The van der Waals surface area contributed by atoms with Gasteiger partial charge >= 0.3 is 13.2 Å². The van der Waals surface area contributed by atoms with Crippen LogP contribution in [0.1, 0.15) is 67.7 Å². The summed E-state index contributed by atoms with van der Waals surface area (Å²) in [4.78, 5) is 14.2. The molecule has 0 aromatic rings. The van der Waals surface area contributed by atoms with Gasteiger partial charge in [-0.3, -0.25) is 0 Å². The van der Waals surface area contributed by atoms with E-state index in [1.807, 2.05) is 25.7 Å². The standard InChI is InChI=1S/C19H32BNO4/c1-16(2,3)23-15(22)21-11-10-19(13-21)9-8-14(12-19)20-24-17(4,5)18(6,7)25-20/h8H,9-13H2,1-7H3. The molecule has 1 unspecified atom stereocenters. The highest BCUT2D eigenvalue weighted by molar-refractivity contribution is 6.54. The van der Waals surface area contributed by atoms with Gasteiger partial charge in [0, 0.05) is 13.1 Å². The number of hydrogen-bond acceptors (Lipinski definition) is 4. The number of ether oxygens (including phenoxy) is 1. The van der Waals surface area contributed by atoms with Crippen molar-refractivity contribution in [2.75, 3.05) is 13.1 Å². The van der Waals surface area contributed by atoms with Crippen LogP contribution in [0, 0.1) is 5.41 Å². The molecule has 2 aliphatic heterocycles. The quantitative estimate of drug-likeness (QED) is 0.672. The third-order valence-corrected chi connectivity index (χ3v) is 6.02. The van der Waals surface area contributed by atoms with Gasteiger partial charge in [-0.2, -0.15) is 0 Å². The summed E-state index contributed by atoms with van der Waals surface area (Å²) in [6.07, 6.45) is 4.98. The molecule has 2 saturated heterocycles. The van der Waals surface area contributed by atoms with Crippen molar-refractivity contribution in [2.45, 2.75) is 84.5 Å². The van der Waals surface area contributed by atoms with Gasteiger partial charge in [-0.1, -0.05) is 6.08 Å². The number of carbonyl (C=O) groups is 1. The third-order valence-electron chi connectivity index (χ3n) is 6.02. The first-order chi connectivity index (χ1) is 11.3. The molecule has 0 bridgehead atoms. The average Bonchev–Trinajstić information content (AvgIpc) is 3.08. The van der Waals surface area contributed by atoms with Gasteiger partial charge in [0.1, 0.15) is 5.60 Å². The zero-order valence-corrected chi connectivity index (χ0v) is 16.8. The number of allylic oxidation sites excluding steroid dienone is 2. The van der Waals surface area contributed by atoms with Crippen molar-refractivity contribution in [3.63, 3.8) is 0 Å². The van der Waals surface area contributed by atoms with E-state index in [9.17, 15) is 4.79 Å². The molecule has 3 aliphatic rings. The normalized spacial score (nSPS) is 30.9. The largest absolute Gasteiger partial charge is 0.490 e. The van der Waals surface area contributed by atoms with Crippen LogP contribution in [0.4, 0.5) is 4.79 Å². The van der Waals surface area contributed by atoms with E-state index in [-0.39, 0.29) is 29.8 Å². The van der Waals surface area contributed by atoms with E-state index in [0.717, 1.165) is 32.4 Å². The molecule has 0 aromatic carbocycles. The molecule has 0 N–H and O–H groups in total. The first kappa shape index (κ1) is 18.8. The Hall–Kier alpha value is -1.01. The van der Waals surface area contributed by atoms with Crippen LogP contribution >= 0.6 is 0 Å². The van der Waals surface area contributed by atoms with Crippen LogP contribution < -0.4 is 0 Å². The second kappa shape index (κ2) is 5.75. The Kier molecular flexibility index (Phi) is 4.32. The molecule has 0 saturated carbocycles. The van der Waals surface area contributed by atoms with E-state index in [2.05, 4.69) is 33.8 Å². The number of rotatable bonds is 1. The smallest absolute Gasteiger partial charge is 0.444 e. The molecule has 2 heterocycles. The van der Waals surface area contributed by atoms with E-state index < -0.39 is 5.60 Å². The third kappa shape index (κ3) is 3.61. The highest BCUT2D eigenvalue weighted by Gasteiger charge is 2.55. The summed E-state index contributed by atoms with van der Waals surface area (Å²) in [7, 11) is -0.264. The van der Waals surface area contributed by atoms with Crippen molar-refractivity contribution in [2.24, 2.45) is 5.41 Å². The fourth-order valence-corrected chi connectivity index (χ4v) is 3.83. The minimum atomic E-state index is -0.450. The van der Waals surface area contributed by atoms with E-state index in [1.54, 1.807) is 0 Å². The summed E-state index contributed by atoms with van der Waals surface area (Å²) in [6, 6.07) is 0. The second-order valence-corrected chi connectivity index (χ2v) is 9.90. The number of carbonyl (C=O) groups excluding carboxylic acids is 1. The van der Waals surface area contributed by atoms with Gasteiger partial charge in [0.15, 0.2) is 0 Å². The van der Waals surface area contributed by atoms with Gasteiger partial charge in [0.25, 0.3) is 0 Å². The summed E-state index contributed by atoms with van der Waals surface area (Å²) in [5.74, 6) is 0. The summed E-state index contributed by atoms with van der Waals surface area (Å²) >= 11 is 0. The summed E-state index contributed by atoms with van der Waals surface area (Å²) in [5.41, 5.74) is 0.272. The van der Waals surface area contributed by atoms with Crippen molar-refractivity contribution >= 4 is 13.2 Å². The number of hydrogen-bond donors (Lipinski definition) is 0. The molecule has 1 spiro atoms. The number of nitrogens with zero attached hydrogens (tertiary/aromatic N) is 1. The number of likely N-dealkylation sites (tertiary alicyclic amines) is 1. The molecule has 1 aliphatic carbocycles. The molecule has 0 radical (unpaired) electrons. The van der Waals surface area contributed by atoms with Gasteiger partial charge in [0.2, 0.25) is 0 Å². The monoisotopic (exact) mass is 349 g/mol. The maximum absolute atomic E-state index is 12.3. The Balaban J connectivity index is 1.61. The lowest BCUT2D eigenvalue weighted by atomic mass is 9.73. The predicted molar refractivity (Wildman–Crippen MR) is 98.3 cm³/mol. The van der Waals surface area contributed by atoms with Crippen LogP contribution in [-0.2, 0) is 14.0 Å². The van der Waals surface area contributed by atoms with Crippen molar-refractivity contribution in [1.29, 1.82) is 0 Å². The lowest BCUT2D eigenvalue weighted by molar-refractivity contribution is 0.00578. The van der Waals surface area contributed by atoms with Crippen molar-refractivity contribution in [1.82, 2.24) is 4.90 Å². The topological polar surface area (TPSA) is 48.0 Å². The van der Waals surface area contributed by atoms with Gasteiger partial charge in [0.05, 0.1) is 11.2 Å². The van der Waals surface area contributed by atoms with Crippen molar-refractivity contribution in [3.8, 4) is 0 Å². The van der Waals surface area contributed by atoms with E-state index >= 15 is 0 Å². The zero-order chi connectivity index (χ0) is 18.7. The maximum atomic E-state index is 12.3. The fraction of sp³-hybridized carbons (Fsp3) is 0.842. The highest BCUT2D eigenvalue weighted by Crippen LogP contribution is 2.48. The number of amides is 1. The van der Waals surface area contributed by atoms with Crippen molar-refractivity contribution < 1.29 is 18.8 Å². The molecule has 1 amide bonds. The Morgan fingerprint density at radius 2 is 1.80 bits per heavy atom. The average molecular weight is 349 g/mol. The molecule has 3 rings (SSSR count). The van der Waals surface area contributed by atoms with E-state index in [4.69, 9.17) is 14.0 Å². The molecule has 2 fully saturated rings. The maximum Gasteiger partial charge on any atom is 0.490 e. The molecule has 0 aromatic heterocycles. The Labute approximate surface area is 152 Å². The molecular weight excluding hydrogens is 317 g/mol. The Bertz CT molecular complexity index is 577. The summed E-state index contributed by atoms with van der Waals surface area (Å²) < 4.78 is 17.9. The minimum Gasteiger partial charge on any atom is -0.444 e. The van der Waals surface area contributed by atoms with Crippen molar-refractivity contribution in [3.05, 3.63) is 11.5 Å². The Morgan fingerprint density at radius 1 is 1.20 bits per heavy atom. The first-order valence-corrected chi connectivity index (χ1v) is 9.35. The lowest BCUT2D eigenvalue weighted by Gasteiger charge is -2.32. The summed E-state index contributed by atoms with van der Waals surface area (Å²) in [6.45, 7) is 15.6. The molecule has 6 heteroatoms. The molecule has 25 heavy (non-hydrogen) atoms. The van der Waals surface area contributed by atoms with Crippen LogP contribution in [0.25, 0.3) is 0 Å². The van der Waals surface area contributed by atoms with E-state index in [1.165, 1.54) is 5.47 Å². The molecule has 1 atom stereocenters. The van der Waals surface area contributed by atoms with Gasteiger partial charge in [-0.05, 0) is 78.6 Å². The van der Waals surface area contributed by atoms with Crippen LogP contribution in [0.15, 0.2) is 11.5 Å². The Morgan fingerprint density at radius 3 is 2.36 bits per heavy atom. The van der Waals surface area contributed by atoms with Crippen LogP contribution in [-0.4, -0.2) is 48.0 Å². The molecular formula is C19H32BNO4. The SMILES string of the molecule is CC(C)(C)OC(=O)N1CCC2(CC=C(B3OC(C)(C)C(C)(C)O3)C2)C1. The van der Waals surface area contributed by atoms with Crippen LogP contribution in [0.5, 0.6) is 0 Å². The lowest BCUT2D eigenvalue weighted by Crippen LogP contribution is -2.41. The summed E-state index contributed by atoms with van der Waals surface area (Å²) in [5, 5.41) is 0. The zero-order valence-electron chi connectivity index (χ0n) is 16.8. The fourth-order valence-electron chi connectivity index (χ4n) is 3.83. The van der Waals surface area contributed by atoms with Crippen LogP contribution in [0.2, 0.25) is 0 Å². The van der Waals surface area contributed by atoms with Gasteiger partial charge < -0.3 is 18.9 Å². The highest BCUT2D eigenvalue weighted by atomic mass is 16.7. The minimum absolute atomic E-state index is 0.121. The molecule has 5 nitrogen and oxygen atoms in total. The first-order valence-electron chi connectivity index (χ1n) is 9.35. The predicted octanol–water partition coefficient (Wildman–Crippen LogP) is 3.97. The second-order valence-electron chi connectivity index (χ2n) is 9.90. The molecule has 140 valence electrons.